The van der Waals surface area contributed by atoms with Crippen molar-refractivity contribution in [3.05, 3.63) is 47.3 Å². The molecule has 0 bridgehead atoms. The van der Waals surface area contributed by atoms with Crippen LogP contribution >= 0.6 is 0 Å². The van der Waals surface area contributed by atoms with E-state index in [1.54, 1.807) is 29.4 Å². The first kappa shape index (κ1) is 18.1. The van der Waals surface area contributed by atoms with Crippen molar-refractivity contribution in [3.63, 3.8) is 0 Å². The van der Waals surface area contributed by atoms with Crippen LogP contribution < -0.4 is 5.32 Å². The third-order valence-corrected chi connectivity index (χ3v) is 4.26. The fourth-order valence-corrected chi connectivity index (χ4v) is 2.60. The van der Waals surface area contributed by atoms with E-state index in [0.29, 0.717) is 30.2 Å². The minimum Gasteiger partial charge on any atom is -0.369 e. The largest absolute Gasteiger partial charge is 0.369 e. The Labute approximate surface area is 151 Å². The topological polar surface area (TPSA) is 80.7 Å². The van der Waals surface area contributed by atoms with Crippen LogP contribution in [0.25, 0.3) is 0 Å². The fraction of sp³-hybridized carbons (Fsp3) is 0.368. The average molecular weight is 358 g/mol. The molecule has 0 spiro atoms. The molecule has 1 aliphatic rings. The number of nitrogens with one attached hydrogen (secondary N) is 2. The number of amides is 1. The number of aliphatic imine (C=N–C) groups is 1. The van der Waals surface area contributed by atoms with Crippen LogP contribution in [0.3, 0.4) is 0 Å². The van der Waals surface area contributed by atoms with Gasteiger partial charge in [0.2, 0.25) is 5.91 Å². The molecule has 0 fully saturated rings. The van der Waals surface area contributed by atoms with Gasteiger partial charge in [0.1, 0.15) is 17.5 Å². The number of aliphatic hydroxyl groups excluding tert-OH is 1. The van der Waals surface area contributed by atoms with Gasteiger partial charge in [0.25, 0.3) is 0 Å². The molecular formula is C19H23FN4O2. The van der Waals surface area contributed by atoms with Gasteiger partial charge < -0.3 is 20.3 Å². The minimum atomic E-state index is -0.862. The molecule has 1 amide bonds. The third kappa shape index (κ3) is 3.94. The molecule has 0 saturated carbocycles. The molecule has 2 heterocycles. The van der Waals surface area contributed by atoms with Crippen molar-refractivity contribution in [1.29, 1.82) is 0 Å². The summed E-state index contributed by atoms with van der Waals surface area (Å²) in [6.07, 6.45) is 1.36. The van der Waals surface area contributed by atoms with Crippen LogP contribution in [0, 0.1) is 11.2 Å². The Bertz CT molecular complexity index is 821. The second-order valence-corrected chi connectivity index (χ2v) is 7.42. The number of aliphatic hydroxyl groups is 1. The average Bonchev–Trinajstić information content (AvgIpc) is 2.98. The Kier molecular flexibility index (Phi) is 4.82. The highest BCUT2D eigenvalue weighted by Crippen LogP contribution is 2.33. The van der Waals surface area contributed by atoms with Crippen LogP contribution in [0.15, 0.2) is 35.3 Å². The summed E-state index contributed by atoms with van der Waals surface area (Å²) >= 11 is 0. The number of carbonyl (C=O) groups is 1. The second-order valence-electron chi connectivity index (χ2n) is 7.42. The van der Waals surface area contributed by atoms with E-state index in [-0.39, 0.29) is 11.7 Å². The number of rotatable bonds is 4. The summed E-state index contributed by atoms with van der Waals surface area (Å²) in [5, 5.41) is 13.4. The lowest BCUT2D eigenvalue weighted by Gasteiger charge is -2.28. The van der Waals surface area contributed by atoms with Gasteiger partial charge in [-0.25, -0.2) is 9.38 Å². The number of benzene rings is 1. The Hall–Kier alpha value is -2.67. The smallest absolute Gasteiger partial charge is 0.230 e. The van der Waals surface area contributed by atoms with Gasteiger partial charge in [-0.2, -0.15) is 0 Å². The molecule has 1 unspecified atom stereocenters. The Morgan fingerprint density at radius 1 is 1.35 bits per heavy atom. The number of H-pyrrole nitrogens is 1. The maximum Gasteiger partial charge on any atom is 0.230 e. The van der Waals surface area contributed by atoms with Crippen molar-refractivity contribution < 1.29 is 14.3 Å². The Morgan fingerprint density at radius 3 is 2.69 bits per heavy atom. The molecule has 7 heteroatoms. The van der Waals surface area contributed by atoms with Gasteiger partial charge >= 0.3 is 0 Å². The maximum absolute atomic E-state index is 13.0. The van der Waals surface area contributed by atoms with Gasteiger partial charge in [-0.1, -0.05) is 32.9 Å². The first-order chi connectivity index (χ1) is 12.2. The molecule has 1 aliphatic heterocycles. The Morgan fingerprint density at radius 2 is 2.04 bits per heavy atom. The van der Waals surface area contributed by atoms with Crippen LogP contribution in [0.2, 0.25) is 0 Å². The summed E-state index contributed by atoms with van der Waals surface area (Å²) in [5.74, 6) is 0.643. The summed E-state index contributed by atoms with van der Waals surface area (Å²) in [6.45, 7) is 6.02. The van der Waals surface area contributed by atoms with Gasteiger partial charge in [-0.05, 0) is 30.2 Å². The predicted molar refractivity (Wildman–Crippen MR) is 98.8 cm³/mol. The van der Waals surface area contributed by atoms with Crippen molar-refractivity contribution in [2.75, 3.05) is 11.9 Å². The van der Waals surface area contributed by atoms with E-state index in [9.17, 15) is 14.3 Å². The van der Waals surface area contributed by atoms with E-state index in [4.69, 9.17) is 0 Å². The van der Waals surface area contributed by atoms with Crippen molar-refractivity contribution in [1.82, 2.24) is 9.88 Å². The number of aromatic nitrogens is 1. The number of hydrogen-bond donors (Lipinski definition) is 3. The molecule has 0 radical (unpaired) electrons. The van der Waals surface area contributed by atoms with Crippen LogP contribution in [0.4, 0.5) is 16.0 Å². The molecule has 3 N–H and O–H groups in total. The van der Waals surface area contributed by atoms with E-state index >= 15 is 0 Å². The van der Waals surface area contributed by atoms with E-state index in [1.165, 1.54) is 12.1 Å². The second kappa shape index (κ2) is 6.92. The standard InChI is InChI=1S/C19H23FN4O2/c1-19(2,3)18(26)23-15-10-14-16(22-15)21-11-24(17(14)25)9-8-12-4-6-13(20)7-5-12/h4-7,10-11,17,22,25H,8-9H2,1-3H3,(H,23,26). The van der Waals surface area contributed by atoms with Crippen molar-refractivity contribution in [3.8, 4) is 0 Å². The molecule has 3 rings (SSSR count). The summed E-state index contributed by atoms with van der Waals surface area (Å²) in [7, 11) is 0. The van der Waals surface area contributed by atoms with Gasteiger partial charge in [-0.15, -0.1) is 0 Å². The molecule has 0 aliphatic carbocycles. The molecule has 1 aromatic heterocycles. The third-order valence-electron chi connectivity index (χ3n) is 4.26. The number of aromatic amines is 1. The molecule has 1 aromatic carbocycles. The molecule has 2 aromatic rings. The van der Waals surface area contributed by atoms with Crippen LogP contribution in [0.5, 0.6) is 0 Å². The Balaban J connectivity index is 1.67. The lowest BCUT2D eigenvalue weighted by Crippen LogP contribution is -2.31. The van der Waals surface area contributed by atoms with Gasteiger partial charge in [0.15, 0.2) is 6.23 Å². The van der Waals surface area contributed by atoms with Crippen molar-refractivity contribution in [2.24, 2.45) is 10.4 Å². The molecule has 26 heavy (non-hydrogen) atoms. The van der Waals surface area contributed by atoms with Gasteiger partial charge in [-0.3, -0.25) is 4.79 Å². The van der Waals surface area contributed by atoms with Crippen molar-refractivity contribution in [2.45, 2.75) is 33.4 Å². The summed E-state index contributed by atoms with van der Waals surface area (Å²) in [6, 6.07) is 8.00. The normalized spacial score (nSPS) is 16.5. The monoisotopic (exact) mass is 358 g/mol. The highest BCUT2D eigenvalue weighted by atomic mass is 19.1. The molecule has 0 saturated heterocycles. The zero-order chi connectivity index (χ0) is 18.9. The summed E-state index contributed by atoms with van der Waals surface area (Å²) in [5.41, 5.74) is 1.06. The number of halogens is 1. The fourth-order valence-electron chi connectivity index (χ4n) is 2.60. The zero-order valence-corrected chi connectivity index (χ0v) is 15.1. The highest BCUT2D eigenvalue weighted by molar-refractivity contribution is 5.94. The van der Waals surface area contributed by atoms with Crippen LogP contribution in [-0.4, -0.2) is 33.8 Å². The van der Waals surface area contributed by atoms with Gasteiger partial charge in [0.05, 0.1) is 6.34 Å². The van der Waals surface area contributed by atoms with Crippen LogP contribution in [0.1, 0.15) is 38.1 Å². The number of fused-ring (bicyclic) bond motifs is 1. The lowest BCUT2D eigenvalue weighted by molar-refractivity contribution is -0.123. The number of nitrogens with zero attached hydrogens (tertiary/aromatic N) is 2. The molecule has 6 nitrogen and oxygen atoms in total. The minimum absolute atomic E-state index is 0.122. The number of anilines is 1. The van der Waals surface area contributed by atoms with E-state index in [1.807, 2.05) is 20.8 Å². The predicted octanol–water partition coefficient (Wildman–Crippen LogP) is 3.35. The van der Waals surface area contributed by atoms with Crippen LogP contribution in [-0.2, 0) is 11.2 Å². The molecule has 138 valence electrons. The zero-order valence-electron chi connectivity index (χ0n) is 15.1. The first-order valence-electron chi connectivity index (χ1n) is 8.51. The quantitative estimate of drug-likeness (QED) is 0.784. The molecular weight excluding hydrogens is 335 g/mol. The lowest BCUT2D eigenvalue weighted by atomic mass is 9.96. The number of carbonyl (C=O) groups excluding carboxylic acids is 1. The van der Waals surface area contributed by atoms with E-state index < -0.39 is 11.6 Å². The highest BCUT2D eigenvalue weighted by Gasteiger charge is 2.26. The van der Waals surface area contributed by atoms with E-state index in [0.717, 1.165) is 5.56 Å². The maximum atomic E-state index is 13.0. The summed E-state index contributed by atoms with van der Waals surface area (Å²) in [4.78, 5) is 21.1. The van der Waals surface area contributed by atoms with E-state index in [2.05, 4.69) is 15.3 Å². The molecule has 1 atom stereocenters. The summed E-state index contributed by atoms with van der Waals surface area (Å²) < 4.78 is 13.0. The SMILES string of the molecule is CC(C)(C)C(=O)Nc1cc2c([nH]1)N=CN(CCc1ccc(F)cc1)C2O. The number of hydrogen-bond acceptors (Lipinski definition) is 4. The van der Waals surface area contributed by atoms with Crippen molar-refractivity contribution >= 4 is 23.9 Å². The first-order valence-corrected chi connectivity index (χ1v) is 8.51. The van der Waals surface area contributed by atoms with Gasteiger partial charge in [0, 0.05) is 17.5 Å².